The van der Waals surface area contributed by atoms with E-state index in [1.807, 2.05) is 13.0 Å². The lowest BCUT2D eigenvalue weighted by Gasteiger charge is -2.30. The number of hydrogen-bond donors (Lipinski definition) is 1. The topological polar surface area (TPSA) is 12.0 Å². The number of nitrogens with one attached hydrogen (secondary N) is 1. The maximum Gasteiger partial charge on any atom is 0.127 e. The molecular formula is C18H27ClFN. The molecule has 1 saturated carbocycles. The number of halogens is 2. The summed E-state index contributed by atoms with van der Waals surface area (Å²) in [6.45, 7) is 4.85. The van der Waals surface area contributed by atoms with Crippen molar-refractivity contribution in [1.82, 2.24) is 5.32 Å². The molecule has 1 atom stereocenters. The van der Waals surface area contributed by atoms with Crippen LogP contribution in [0.5, 0.6) is 0 Å². The monoisotopic (exact) mass is 311 g/mol. The van der Waals surface area contributed by atoms with Crippen LogP contribution in [-0.4, -0.2) is 6.54 Å². The first-order chi connectivity index (χ1) is 10.1. The summed E-state index contributed by atoms with van der Waals surface area (Å²) in [4.78, 5) is 0. The van der Waals surface area contributed by atoms with Crippen molar-refractivity contribution in [2.75, 3.05) is 6.54 Å². The Balaban J connectivity index is 2.26. The second-order valence-electron chi connectivity index (χ2n) is 6.26. The molecule has 1 fully saturated rings. The second kappa shape index (κ2) is 8.14. The van der Waals surface area contributed by atoms with Crippen molar-refractivity contribution >= 4 is 11.6 Å². The van der Waals surface area contributed by atoms with Crippen LogP contribution in [0.3, 0.4) is 0 Å². The fraction of sp³-hybridized carbons (Fsp3) is 0.667. The Labute approximate surface area is 133 Å². The molecule has 1 unspecified atom stereocenters. The minimum absolute atomic E-state index is 0.211. The van der Waals surface area contributed by atoms with Gasteiger partial charge in [-0.25, -0.2) is 4.39 Å². The Kier molecular flexibility index (Phi) is 6.50. The lowest BCUT2D eigenvalue weighted by atomic mass is 9.82. The molecule has 0 spiro atoms. The Morgan fingerprint density at radius 1 is 1.19 bits per heavy atom. The maximum absolute atomic E-state index is 13.7. The third kappa shape index (κ3) is 4.43. The van der Waals surface area contributed by atoms with E-state index < -0.39 is 0 Å². The minimum atomic E-state index is -0.211. The molecule has 0 saturated heterocycles. The van der Waals surface area contributed by atoms with Gasteiger partial charge in [0.25, 0.3) is 0 Å². The third-order valence-electron chi connectivity index (χ3n) is 4.66. The summed E-state index contributed by atoms with van der Waals surface area (Å²) in [6, 6.07) is 3.66. The van der Waals surface area contributed by atoms with Crippen molar-refractivity contribution in [3.05, 3.63) is 34.1 Å². The molecule has 1 aliphatic carbocycles. The van der Waals surface area contributed by atoms with Gasteiger partial charge in [-0.2, -0.15) is 0 Å². The predicted molar refractivity (Wildman–Crippen MR) is 88.4 cm³/mol. The zero-order chi connectivity index (χ0) is 15.2. The molecule has 0 bridgehead atoms. The molecule has 1 aliphatic rings. The van der Waals surface area contributed by atoms with Crippen LogP contribution in [-0.2, 0) is 0 Å². The first kappa shape index (κ1) is 16.8. The summed E-state index contributed by atoms with van der Waals surface area (Å²) < 4.78 is 13.7. The summed E-state index contributed by atoms with van der Waals surface area (Å²) in [5.41, 5.74) is 1.76. The highest BCUT2D eigenvalue weighted by atomic mass is 35.5. The molecule has 0 radical (unpaired) electrons. The Hall–Kier alpha value is -0.600. The van der Waals surface area contributed by atoms with E-state index >= 15 is 0 Å². The zero-order valence-corrected chi connectivity index (χ0v) is 14.0. The van der Waals surface area contributed by atoms with E-state index in [1.54, 1.807) is 0 Å². The van der Waals surface area contributed by atoms with Gasteiger partial charge in [0.2, 0.25) is 0 Å². The molecule has 1 N–H and O–H groups in total. The van der Waals surface area contributed by atoms with Gasteiger partial charge in [0.1, 0.15) is 5.82 Å². The van der Waals surface area contributed by atoms with Crippen molar-refractivity contribution in [3.63, 3.8) is 0 Å². The van der Waals surface area contributed by atoms with E-state index in [1.165, 1.54) is 51.0 Å². The van der Waals surface area contributed by atoms with E-state index in [2.05, 4.69) is 12.2 Å². The predicted octanol–water partition coefficient (Wildman–Crippen LogP) is 5.80. The molecule has 0 heterocycles. The van der Waals surface area contributed by atoms with Crippen LogP contribution in [0.15, 0.2) is 12.1 Å². The van der Waals surface area contributed by atoms with Crippen LogP contribution in [0, 0.1) is 18.7 Å². The smallest absolute Gasteiger partial charge is 0.127 e. The highest BCUT2D eigenvalue weighted by Crippen LogP contribution is 2.36. The van der Waals surface area contributed by atoms with Gasteiger partial charge in [-0.1, -0.05) is 56.7 Å². The first-order valence-electron chi connectivity index (χ1n) is 8.32. The van der Waals surface area contributed by atoms with Gasteiger partial charge in [-0.05, 0) is 49.4 Å². The normalized spacial score (nSPS) is 19.0. The number of benzene rings is 1. The molecule has 2 rings (SSSR count). The highest BCUT2D eigenvalue weighted by molar-refractivity contribution is 6.31. The molecule has 1 nitrogen and oxygen atoms in total. The molecule has 21 heavy (non-hydrogen) atoms. The molecule has 0 aliphatic heterocycles. The fourth-order valence-electron chi connectivity index (χ4n) is 3.49. The largest absolute Gasteiger partial charge is 0.310 e. The van der Waals surface area contributed by atoms with Gasteiger partial charge in [0, 0.05) is 11.1 Å². The van der Waals surface area contributed by atoms with Crippen molar-refractivity contribution in [2.45, 2.75) is 64.8 Å². The minimum Gasteiger partial charge on any atom is -0.310 e. The quantitative estimate of drug-likeness (QED) is 0.741. The summed E-state index contributed by atoms with van der Waals surface area (Å²) >= 11 is 6.34. The average molecular weight is 312 g/mol. The van der Waals surface area contributed by atoms with Crippen LogP contribution < -0.4 is 5.32 Å². The number of aryl methyl sites for hydroxylation is 1. The SMILES string of the molecule is CCNC(c1cc(C)c(F)cc1Cl)C1CCCCCCC1. The van der Waals surface area contributed by atoms with Gasteiger partial charge in [-0.15, -0.1) is 0 Å². The van der Waals surface area contributed by atoms with Crippen molar-refractivity contribution in [2.24, 2.45) is 5.92 Å². The van der Waals surface area contributed by atoms with Gasteiger partial charge in [0.05, 0.1) is 0 Å². The second-order valence-corrected chi connectivity index (χ2v) is 6.67. The van der Waals surface area contributed by atoms with E-state index in [0.717, 1.165) is 12.1 Å². The first-order valence-corrected chi connectivity index (χ1v) is 8.70. The van der Waals surface area contributed by atoms with Crippen LogP contribution in [0.4, 0.5) is 4.39 Å². The van der Waals surface area contributed by atoms with Crippen molar-refractivity contribution in [3.8, 4) is 0 Å². The molecule has 3 heteroatoms. The lowest BCUT2D eigenvalue weighted by molar-refractivity contribution is 0.291. The maximum atomic E-state index is 13.7. The van der Waals surface area contributed by atoms with E-state index in [4.69, 9.17) is 11.6 Å². The summed E-state index contributed by atoms with van der Waals surface area (Å²) in [6.07, 6.45) is 9.12. The van der Waals surface area contributed by atoms with Gasteiger partial charge >= 0.3 is 0 Å². The molecule has 0 amide bonds. The van der Waals surface area contributed by atoms with E-state index in [-0.39, 0.29) is 11.9 Å². The number of hydrogen-bond acceptors (Lipinski definition) is 1. The Morgan fingerprint density at radius 3 is 2.43 bits per heavy atom. The lowest BCUT2D eigenvalue weighted by Crippen LogP contribution is -2.29. The highest BCUT2D eigenvalue weighted by Gasteiger charge is 2.25. The van der Waals surface area contributed by atoms with Crippen LogP contribution in [0.1, 0.15) is 69.0 Å². The van der Waals surface area contributed by atoms with Crippen molar-refractivity contribution in [1.29, 1.82) is 0 Å². The summed E-state index contributed by atoms with van der Waals surface area (Å²) in [7, 11) is 0. The summed E-state index contributed by atoms with van der Waals surface area (Å²) in [5.74, 6) is 0.393. The standard InChI is InChI=1S/C18H27ClFN/c1-3-21-18(14-9-7-5-4-6-8-10-14)15-11-13(2)17(20)12-16(15)19/h11-12,14,18,21H,3-10H2,1-2H3. The van der Waals surface area contributed by atoms with Gasteiger partial charge < -0.3 is 5.32 Å². The average Bonchev–Trinajstić information content (AvgIpc) is 2.41. The molecule has 1 aromatic rings. The van der Waals surface area contributed by atoms with E-state index in [0.29, 0.717) is 16.5 Å². The fourth-order valence-corrected chi connectivity index (χ4v) is 3.76. The summed E-state index contributed by atoms with van der Waals surface area (Å²) in [5, 5.41) is 4.16. The Morgan fingerprint density at radius 2 is 1.81 bits per heavy atom. The molecular weight excluding hydrogens is 285 g/mol. The Bertz CT molecular complexity index is 453. The number of rotatable bonds is 4. The van der Waals surface area contributed by atoms with Crippen LogP contribution in [0.2, 0.25) is 5.02 Å². The molecule has 118 valence electrons. The van der Waals surface area contributed by atoms with E-state index in [9.17, 15) is 4.39 Å². The van der Waals surface area contributed by atoms with Gasteiger partial charge in [0.15, 0.2) is 0 Å². The van der Waals surface area contributed by atoms with Crippen LogP contribution in [0.25, 0.3) is 0 Å². The van der Waals surface area contributed by atoms with Crippen molar-refractivity contribution < 1.29 is 4.39 Å². The van der Waals surface area contributed by atoms with Crippen LogP contribution >= 0.6 is 11.6 Å². The van der Waals surface area contributed by atoms with Gasteiger partial charge in [-0.3, -0.25) is 0 Å². The third-order valence-corrected chi connectivity index (χ3v) is 4.99. The molecule has 1 aromatic carbocycles. The zero-order valence-electron chi connectivity index (χ0n) is 13.2. The molecule has 0 aromatic heterocycles.